The number of aromatic nitrogens is 1. The molecule has 0 radical (unpaired) electrons. The van der Waals surface area contributed by atoms with Crippen LogP contribution in [0.25, 0.3) is 0 Å². The van der Waals surface area contributed by atoms with E-state index in [1.807, 2.05) is 0 Å². The number of halogens is 2. The number of carbonyl (C=O) groups excluding carboxylic acids is 1. The predicted octanol–water partition coefficient (Wildman–Crippen LogP) is 3.41. The second-order valence-corrected chi connectivity index (χ2v) is 7.14. The van der Waals surface area contributed by atoms with Crippen LogP contribution in [0.3, 0.4) is 0 Å². The van der Waals surface area contributed by atoms with E-state index >= 15 is 0 Å². The van der Waals surface area contributed by atoms with Crippen molar-refractivity contribution in [1.82, 2.24) is 4.98 Å². The summed E-state index contributed by atoms with van der Waals surface area (Å²) in [4.78, 5) is 15.5. The number of amides is 1. The number of nitrogens with one attached hydrogen (secondary N) is 2. The van der Waals surface area contributed by atoms with Gasteiger partial charge in [0.15, 0.2) is 11.6 Å². The average Bonchev–Trinajstić information content (AvgIpc) is 2.66. The van der Waals surface area contributed by atoms with Crippen molar-refractivity contribution in [2.75, 3.05) is 10.0 Å². The Morgan fingerprint density at radius 1 is 0.926 bits per heavy atom. The summed E-state index contributed by atoms with van der Waals surface area (Å²) in [5.41, 5.74) is 1.01. The standard InChI is InChI=1S/C18H13F2N3O3S/c19-16-8-7-15(10-17(16)20)27(25,26)23-14-5-3-13(4-6-14)22-18(24)12-2-1-9-21-11-12/h1-11,23H,(H,22,24). The molecular formula is C18H13F2N3O3S. The van der Waals surface area contributed by atoms with Crippen LogP contribution >= 0.6 is 0 Å². The fraction of sp³-hybridized carbons (Fsp3) is 0. The van der Waals surface area contributed by atoms with Crippen LogP contribution in [0.5, 0.6) is 0 Å². The molecule has 1 amide bonds. The smallest absolute Gasteiger partial charge is 0.261 e. The van der Waals surface area contributed by atoms with Gasteiger partial charge >= 0.3 is 0 Å². The molecule has 0 bridgehead atoms. The molecule has 3 aromatic rings. The van der Waals surface area contributed by atoms with Crippen molar-refractivity contribution in [3.63, 3.8) is 0 Å². The fourth-order valence-electron chi connectivity index (χ4n) is 2.18. The molecule has 6 nitrogen and oxygen atoms in total. The van der Waals surface area contributed by atoms with E-state index in [1.54, 1.807) is 18.3 Å². The summed E-state index contributed by atoms with van der Waals surface area (Å²) in [7, 11) is -4.08. The van der Waals surface area contributed by atoms with Gasteiger partial charge in [0, 0.05) is 23.8 Å². The maximum Gasteiger partial charge on any atom is 0.261 e. The van der Waals surface area contributed by atoms with E-state index in [4.69, 9.17) is 0 Å². The van der Waals surface area contributed by atoms with Crippen LogP contribution in [0.15, 0.2) is 71.9 Å². The van der Waals surface area contributed by atoms with E-state index in [-0.39, 0.29) is 11.6 Å². The Hall–Kier alpha value is -3.33. The third-order valence-electron chi connectivity index (χ3n) is 3.52. The number of hydrogen-bond donors (Lipinski definition) is 2. The van der Waals surface area contributed by atoms with Gasteiger partial charge in [-0.15, -0.1) is 0 Å². The molecule has 9 heteroatoms. The number of sulfonamides is 1. The minimum absolute atomic E-state index is 0.194. The van der Waals surface area contributed by atoms with Crippen LogP contribution in [0, 0.1) is 11.6 Å². The van der Waals surface area contributed by atoms with E-state index < -0.39 is 26.6 Å². The normalized spacial score (nSPS) is 11.0. The van der Waals surface area contributed by atoms with Gasteiger partial charge in [0.25, 0.3) is 15.9 Å². The van der Waals surface area contributed by atoms with Crippen molar-refractivity contribution in [1.29, 1.82) is 0 Å². The van der Waals surface area contributed by atoms with E-state index in [1.165, 1.54) is 30.5 Å². The van der Waals surface area contributed by atoms with Crippen LogP contribution in [0.4, 0.5) is 20.2 Å². The number of nitrogens with zero attached hydrogens (tertiary/aromatic N) is 1. The van der Waals surface area contributed by atoms with Gasteiger partial charge in [0.1, 0.15) is 0 Å². The average molecular weight is 389 g/mol. The van der Waals surface area contributed by atoms with Gasteiger partial charge < -0.3 is 5.32 Å². The number of carbonyl (C=O) groups is 1. The van der Waals surface area contributed by atoms with E-state index in [0.717, 1.165) is 12.1 Å². The summed E-state index contributed by atoms with van der Waals surface area (Å²) >= 11 is 0. The summed E-state index contributed by atoms with van der Waals surface area (Å²) in [5, 5.41) is 2.65. The Bertz CT molecular complexity index is 1070. The lowest BCUT2D eigenvalue weighted by atomic mass is 10.2. The first kappa shape index (κ1) is 18.5. The molecule has 27 heavy (non-hydrogen) atoms. The summed E-state index contributed by atoms with van der Waals surface area (Å²) < 4.78 is 52.9. The van der Waals surface area contributed by atoms with Crippen molar-refractivity contribution in [2.24, 2.45) is 0 Å². The Balaban J connectivity index is 1.71. The molecule has 0 aliphatic carbocycles. The minimum Gasteiger partial charge on any atom is -0.322 e. The predicted molar refractivity (Wildman–Crippen MR) is 95.8 cm³/mol. The van der Waals surface area contributed by atoms with Crippen molar-refractivity contribution < 1.29 is 22.0 Å². The molecule has 0 atom stereocenters. The van der Waals surface area contributed by atoms with Gasteiger partial charge in [-0.3, -0.25) is 14.5 Å². The summed E-state index contributed by atoms with van der Waals surface area (Å²) in [6, 6.07) is 11.4. The van der Waals surface area contributed by atoms with Gasteiger partial charge in [-0.05, 0) is 54.6 Å². The summed E-state index contributed by atoms with van der Waals surface area (Å²) in [6.07, 6.45) is 2.96. The highest BCUT2D eigenvalue weighted by molar-refractivity contribution is 7.92. The highest BCUT2D eigenvalue weighted by Gasteiger charge is 2.16. The van der Waals surface area contributed by atoms with Crippen LogP contribution in [-0.4, -0.2) is 19.3 Å². The van der Waals surface area contributed by atoms with Crippen molar-refractivity contribution in [3.8, 4) is 0 Å². The molecule has 0 aliphatic rings. The molecule has 0 fully saturated rings. The first-order chi connectivity index (χ1) is 12.8. The molecule has 0 unspecified atom stereocenters. The second kappa shape index (κ2) is 7.50. The molecule has 0 saturated heterocycles. The molecular weight excluding hydrogens is 376 g/mol. The summed E-state index contributed by atoms with van der Waals surface area (Å²) in [6.45, 7) is 0. The lowest BCUT2D eigenvalue weighted by Crippen LogP contribution is -2.14. The van der Waals surface area contributed by atoms with E-state index in [2.05, 4.69) is 15.0 Å². The van der Waals surface area contributed by atoms with Crippen molar-refractivity contribution in [3.05, 3.63) is 84.2 Å². The number of pyridine rings is 1. The zero-order valence-electron chi connectivity index (χ0n) is 13.7. The van der Waals surface area contributed by atoms with Crippen LogP contribution in [0.2, 0.25) is 0 Å². The zero-order valence-corrected chi connectivity index (χ0v) is 14.5. The highest BCUT2D eigenvalue weighted by atomic mass is 32.2. The van der Waals surface area contributed by atoms with Crippen LogP contribution in [0.1, 0.15) is 10.4 Å². The maximum absolute atomic E-state index is 13.3. The lowest BCUT2D eigenvalue weighted by molar-refractivity contribution is 0.102. The van der Waals surface area contributed by atoms with Crippen LogP contribution < -0.4 is 10.0 Å². The second-order valence-electron chi connectivity index (χ2n) is 5.45. The van der Waals surface area contributed by atoms with Crippen LogP contribution in [-0.2, 0) is 10.0 Å². The largest absolute Gasteiger partial charge is 0.322 e. The lowest BCUT2D eigenvalue weighted by Gasteiger charge is -2.10. The van der Waals surface area contributed by atoms with Gasteiger partial charge in [-0.1, -0.05) is 0 Å². The van der Waals surface area contributed by atoms with Crippen molar-refractivity contribution in [2.45, 2.75) is 4.90 Å². The number of benzene rings is 2. The topological polar surface area (TPSA) is 88.2 Å². The van der Waals surface area contributed by atoms with Gasteiger partial charge in [-0.2, -0.15) is 0 Å². The molecule has 1 aromatic heterocycles. The third kappa shape index (κ3) is 4.45. The molecule has 3 rings (SSSR count). The Morgan fingerprint density at radius 3 is 2.26 bits per heavy atom. The minimum atomic E-state index is -4.08. The monoisotopic (exact) mass is 389 g/mol. The quantitative estimate of drug-likeness (QED) is 0.700. The number of hydrogen-bond acceptors (Lipinski definition) is 4. The molecule has 2 N–H and O–H groups in total. The molecule has 1 heterocycles. The maximum atomic E-state index is 13.3. The molecule has 2 aromatic carbocycles. The molecule has 0 aliphatic heterocycles. The Morgan fingerprint density at radius 2 is 1.63 bits per heavy atom. The first-order valence-corrected chi connectivity index (χ1v) is 9.13. The Labute approximate surface area is 153 Å². The SMILES string of the molecule is O=C(Nc1ccc(NS(=O)(=O)c2ccc(F)c(F)c2)cc1)c1cccnc1. The Kier molecular flexibility index (Phi) is 5.13. The molecule has 0 spiro atoms. The van der Waals surface area contributed by atoms with Gasteiger partial charge in [-0.25, -0.2) is 17.2 Å². The van der Waals surface area contributed by atoms with Crippen molar-refractivity contribution >= 4 is 27.3 Å². The fourth-order valence-corrected chi connectivity index (χ4v) is 3.25. The first-order valence-electron chi connectivity index (χ1n) is 7.64. The molecule has 138 valence electrons. The number of anilines is 2. The molecule has 0 saturated carbocycles. The third-order valence-corrected chi connectivity index (χ3v) is 4.90. The van der Waals surface area contributed by atoms with E-state index in [0.29, 0.717) is 17.3 Å². The van der Waals surface area contributed by atoms with Gasteiger partial charge in [0.05, 0.1) is 10.5 Å². The summed E-state index contributed by atoms with van der Waals surface area (Å²) in [5.74, 6) is -2.76. The van der Waals surface area contributed by atoms with E-state index in [9.17, 15) is 22.0 Å². The zero-order chi connectivity index (χ0) is 19.4. The highest BCUT2D eigenvalue weighted by Crippen LogP contribution is 2.20. The van der Waals surface area contributed by atoms with Gasteiger partial charge in [0.2, 0.25) is 0 Å². The number of rotatable bonds is 5.